The zero-order chi connectivity index (χ0) is 28.2. The van der Waals surface area contributed by atoms with Gasteiger partial charge in [0.1, 0.15) is 13.2 Å². The molecule has 0 bridgehead atoms. The molecule has 228 valence electrons. The molecule has 0 aromatic rings. The van der Waals surface area contributed by atoms with Gasteiger partial charge < -0.3 is 14.8 Å². The highest BCUT2D eigenvalue weighted by atomic mass is 16.5. The van der Waals surface area contributed by atoms with Crippen LogP contribution in [0.2, 0.25) is 0 Å². The minimum atomic E-state index is -0.114. The van der Waals surface area contributed by atoms with Crippen molar-refractivity contribution in [2.45, 2.75) is 175 Å². The minimum Gasteiger partial charge on any atom is -0.467 e. The van der Waals surface area contributed by atoms with Gasteiger partial charge in [-0.2, -0.15) is 0 Å². The maximum Gasteiger partial charge on any atom is 0.305 e. The molecule has 0 spiro atoms. The standard InChI is InChI=1S/C19H37NO4.C14H30/c1-2-3-4-5-6-7-8-9-10-11-12-13-19(22)24-17-15-20-14-16-23-18-21;1-3-5-7-9-11-13-14-12-10-8-6-4-2/h18,20H,2-17H2,1H3;3-14H2,1-2H3. The van der Waals surface area contributed by atoms with Crippen molar-refractivity contribution < 1.29 is 19.1 Å². The van der Waals surface area contributed by atoms with E-state index in [1.807, 2.05) is 0 Å². The Balaban J connectivity index is 0. The van der Waals surface area contributed by atoms with Crippen LogP contribution in [0.5, 0.6) is 0 Å². The number of unbranched alkanes of at least 4 members (excludes halogenated alkanes) is 21. The van der Waals surface area contributed by atoms with E-state index >= 15 is 0 Å². The molecule has 0 aromatic carbocycles. The lowest BCUT2D eigenvalue weighted by Gasteiger charge is -2.06. The fourth-order valence-corrected chi connectivity index (χ4v) is 4.46. The Morgan fingerprint density at radius 2 is 0.868 bits per heavy atom. The molecule has 0 saturated heterocycles. The first-order valence-corrected chi connectivity index (χ1v) is 16.6. The topological polar surface area (TPSA) is 64.6 Å². The number of esters is 1. The van der Waals surface area contributed by atoms with Crippen LogP contribution >= 0.6 is 0 Å². The summed E-state index contributed by atoms with van der Waals surface area (Å²) in [6.07, 6.45) is 32.0. The van der Waals surface area contributed by atoms with Gasteiger partial charge in [-0.25, -0.2) is 0 Å². The normalized spacial score (nSPS) is 10.6. The predicted octanol–water partition coefficient (Wildman–Crippen LogP) is 9.70. The molecular formula is C33H67NO4. The molecule has 0 aromatic heterocycles. The highest BCUT2D eigenvalue weighted by molar-refractivity contribution is 5.69. The van der Waals surface area contributed by atoms with Gasteiger partial charge in [-0.3, -0.25) is 9.59 Å². The smallest absolute Gasteiger partial charge is 0.305 e. The molecule has 0 fully saturated rings. The average Bonchev–Trinajstić information content (AvgIpc) is 2.92. The molecule has 0 aliphatic heterocycles. The van der Waals surface area contributed by atoms with E-state index < -0.39 is 0 Å². The Kier molecular flexibility index (Phi) is 39.1. The molecule has 0 atom stereocenters. The summed E-state index contributed by atoms with van der Waals surface area (Å²) in [7, 11) is 0. The molecule has 0 aliphatic carbocycles. The third-order valence-corrected chi connectivity index (χ3v) is 6.95. The summed E-state index contributed by atoms with van der Waals surface area (Å²) in [4.78, 5) is 21.4. The Morgan fingerprint density at radius 3 is 1.24 bits per heavy atom. The molecule has 0 unspecified atom stereocenters. The number of ether oxygens (including phenoxy) is 2. The van der Waals surface area contributed by atoms with Crippen LogP contribution in [0, 0.1) is 0 Å². The highest BCUT2D eigenvalue weighted by Crippen LogP contribution is 2.13. The second-order valence-corrected chi connectivity index (χ2v) is 10.8. The fraction of sp³-hybridized carbons (Fsp3) is 0.939. The molecule has 5 heteroatoms. The zero-order valence-corrected chi connectivity index (χ0v) is 26.0. The van der Waals surface area contributed by atoms with Crippen molar-refractivity contribution in [2.24, 2.45) is 0 Å². The fourth-order valence-electron chi connectivity index (χ4n) is 4.46. The third-order valence-electron chi connectivity index (χ3n) is 6.95. The predicted molar refractivity (Wildman–Crippen MR) is 164 cm³/mol. The lowest BCUT2D eigenvalue weighted by Crippen LogP contribution is -2.24. The number of hydrogen-bond acceptors (Lipinski definition) is 5. The van der Waals surface area contributed by atoms with Crippen molar-refractivity contribution in [3.63, 3.8) is 0 Å². The van der Waals surface area contributed by atoms with E-state index in [4.69, 9.17) is 4.74 Å². The third kappa shape index (κ3) is 39.4. The van der Waals surface area contributed by atoms with Crippen LogP contribution in [0.25, 0.3) is 0 Å². The van der Waals surface area contributed by atoms with Gasteiger partial charge in [-0.15, -0.1) is 0 Å². The van der Waals surface area contributed by atoms with E-state index in [0.29, 0.717) is 39.2 Å². The summed E-state index contributed by atoms with van der Waals surface area (Å²) >= 11 is 0. The molecule has 5 nitrogen and oxygen atoms in total. The van der Waals surface area contributed by atoms with E-state index in [0.717, 1.165) is 12.8 Å². The van der Waals surface area contributed by atoms with E-state index in [-0.39, 0.29) is 5.97 Å². The lowest BCUT2D eigenvalue weighted by molar-refractivity contribution is -0.143. The summed E-state index contributed by atoms with van der Waals surface area (Å²) in [5.41, 5.74) is 0. The van der Waals surface area contributed by atoms with Crippen molar-refractivity contribution in [1.82, 2.24) is 5.32 Å². The van der Waals surface area contributed by atoms with Crippen LogP contribution < -0.4 is 5.32 Å². The minimum absolute atomic E-state index is 0.114. The van der Waals surface area contributed by atoms with E-state index in [1.165, 1.54) is 135 Å². The van der Waals surface area contributed by atoms with Crippen LogP contribution in [0.4, 0.5) is 0 Å². The first kappa shape index (κ1) is 39.0. The Morgan fingerprint density at radius 1 is 0.526 bits per heavy atom. The zero-order valence-electron chi connectivity index (χ0n) is 26.0. The van der Waals surface area contributed by atoms with Crippen LogP contribution in [0.3, 0.4) is 0 Å². The van der Waals surface area contributed by atoms with Crippen molar-refractivity contribution in [3.8, 4) is 0 Å². The molecule has 0 heterocycles. The van der Waals surface area contributed by atoms with Crippen LogP contribution in [0.15, 0.2) is 0 Å². The summed E-state index contributed by atoms with van der Waals surface area (Å²) in [5.74, 6) is -0.114. The van der Waals surface area contributed by atoms with Gasteiger partial charge in [-0.1, -0.05) is 162 Å². The molecule has 0 radical (unpaired) electrons. The summed E-state index contributed by atoms with van der Waals surface area (Å²) < 4.78 is 9.66. The van der Waals surface area contributed by atoms with Gasteiger partial charge in [0.15, 0.2) is 0 Å². The molecular weight excluding hydrogens is 474 g/mol. The van der Waals surface area contributed by atoms with Gasteiger partial charge in [0.2, 0.25) is 0 Å². The van der Waals surface area contributed by atoms with Crippen LogP contribution in [-0.2, 0) is 19.1 Å². The summed E-state index contributed by atoms with van der Waals surface area (Å²) in [5, 5.41) is 3.03. The van der Waals surface area contributed by atoms with Gasteiger partial charge in [0.05, 0.1) is 0 Å². The Labute approximate surface area is 238 Å². The number of nitrogens with one attached hydrogen (secondary N) is 1. The van der Waals surface area contributed by atoms with Gasteiger partial charge in [0.25, 0.3) is 6.47 Å². The molecule has 0 aliphatic rings. The second-order valence-electron chi connectivity index (χ2n) is 10.8. The highest BCUT2D eigenvalue weighted by Gasteiger charge is 2.02. The maximum atomic E-state index is 11.5. The van der Waals surface area contributed by atoms with E-state index in [1.54, 1.807) is 0 Å². The summed E-state index contributed by atoms with van der Waals surface area (Å²) in [6.45, 7) is 9.13. The Bertz CT molecular complexity index is 433. The lowest BCUT2D eigenvalue weighted by atomic mass is 10.1. The van der Waals surface area contributed by atoms with Crippen molar-refractivity contribution in [3.05, 3.63) is 0 Å². The number of hydrogen-bond donors (Lipinski definition) is 1. The van der Waals surface area contributed by atoms with Gasteiger partial charge in [0, 0.05) is 19.5 Å². The number of carbonyl (C=O) groups excluding carboxylic acids is 2. The van der Waals surface area contributed by atoms with E-state index in [9.17, 15) is 9.59 Å². The monoisotopic (exact) mass is 542 g/mol. The summed E-state index contributed by atoms with van der Waals surface area (Å²) in [6, 6.07) is 0. The maximum absolute atomic E-state index is 11.5. The molecule has 0 amide bonds. The Hall–Kier alpha value is -1.10. The van der Waals surface area contributed by atoms with Crippen molar-refractivity contribution >= 4 is 12.4 Å². The van der Waals surface area contributed by atoms with E-state index in [2.05, 4.69) is 30.8 Å². The van der Waals surface area contributed by atoms with Gasteiger partial charge >= 0.3 is 5.97 Å². The number of carbonyl (C=O) groups is 2. The molecule has 0 rings (SSSR count). The van der Waals surface area contributed by atoms with Crippen LogP contribution in [-0.4, -0.2) is 38.7 Å². The SMILES string of the molecule is CCCCCCCCCCCCCC.CCCCCCCCCCCCCC(=O)OCCNCCOC=O. The molecule has 1 N–H and O–H groups in total. The quantitative estimate of drug-likeness (QED) is 0.0557. The van der Waals surface area contributed by atoms with Crippen molar-refractivity contribution in [1.29, 1.82) is 0 Å². The molecule has 38 heavy (non-hydrogen) atoms. The average molecular weight is 542 g/mol. The number of rotatable bonds is 30. The van der Waals surface area contributed by atoms with Gasteiger partial charge in [-0.05, 0) is 6.42 Å². The first-order valence-electron chi connectivity index (χ1n) is 16.6. The van der Waals surface area contributed by atoms with Crippen molar-refractivity contribution in [2.75, 3.05) is 26.3 Å². The first-order chi connectivity index (χ1) is 18.7. The van der Waals surface area contributed by atoms with Crippen LogP contribution in [0.1, 0.15) is 175 Å². The second kappa shape index (κ2) is 38.0. The largest absolute Gasteiger partial charge is 0.467 e. The molecule has 0 saturated carbocycles.